The highest BCUT2D eigenvalue weighted by molar-refractivity contribution is 5.89. The zero-order valence-electron chi connectivity index (χ0n) is 12.4. The van der Waals surface area contributed by atoms with E-state index in [0.717, 1.165) is 29.3 Å². The third-order valence-electron chi connectivity index (χ3n) is 3.55. The van der Waals surface area contributed by atoms with Crippen LogP contribution in [0.3, 0.4) is 0 Å². The fourth-order valence-corrected chi connectivity index (χ4v) is 2.39. The van der Waals surface area contributed by atoms with Crippen molar-refractivity contribution >= 4 is 10.8 Å². The molecule has 2 rings (SSSR count). The number of nitrogens with one attached hydrogen (secondary N) is 1. The smallest absolute Gasteiger partial charge is 0.128 e. The molecule has 0 spiro atoms. The molecule has 2 aromatic rings. The van der Waals surface area contributed by atoms with Crippen molar-refractivity contribution in [3.8, 4) is 5.75 Å². The van der Waals surface area contributed by atoms with Crippen molar-refractivity contribution in [2.75, 3.05) is 26.4 Å². The van der Waals surface area contributed by atoms with Gasteiger partial charge in [0.1, 0.15) is 5.75 Å². The van der Waals surface area contributed by atoms with Crippen molar-refractivity contribution in [3.63, 3.8) is 0 Å². The molecule has 0 saturated heterocycles. The summed E-state index contributed by atoms with van der Waals surface area (Å²) in [5.41, 5.74) is 0.907. The number of phenolic OH excluding ortho intramolecular Hbond substituents is 1. The summed E-state index contributed by atoms with van der Waals surface area (Å²) in [5, 5.41) is 24.3. The fraction of sp³-hybridized carbons (Fsp3) is 0.412. The number of rotatable bonds is 8. The second kappa shape index (κ2) is 7.98. The Labute approximate surface area is 125 Å². The van der Waals surface area contributed by atoms with Gasteiger partial charge in [-0.3, -0.25) is 0 Å². The summed E-state index contributed by atoms with van der Waals surface area (Å²) in [4.78, 5) is 0. The second-order valence-corrected chi connectivity index (χ2v) is 5.09. The summed E-state index contributed by atoms with van der Waals surface area (Å²) in [6.07, 6.45) is 0.874. The standard InChI is InChI=1S/C17H23NO3/c1-13(18-9-4-11-21-12-10-19)15-8-7-14-5-2-3-6-16(14)17(15)20/h2-3,5-8,13,18-20H,4,9-12H2,1H3. The zero-order valence-corrected chi connectivity index (χ0v) is 12.4. The number of benzene rings is 2. The summed E-state index contributed by atoms with van der Waals surface area (Å²) in [6, 6.07) is 11.9. The van der Waals surface area contributed by atoms with E-state index in [1.54, 1.807) is 0 Å². The van der Waals surface area contributed by atoms with Crippen LogP contribution < -0.4 is 5.32 Å². The normalized spacial score (nSPS) is 12.7. The maximum atomic E-state index is 10.4. The molecule has 0 amide bonds. The van der Waals surface area contributed by atoms with Gasteiger partial charge in [-0.2, -0.15) is 0 Å². The Morgan fingerprint density at radius 3 is 2.76 bits per heavy atom. The molecule has 0 radical (unpaired) electrons. The van der Waals surface area contributed by atoms with Gasteiger partial charge in [-0.05, 0) is 25.3 Å². The van der Waals surface area contributed by atoms with Crippen LogP contribution in [0.15, 0.2) is 36.4 Å². The summed E-state index contributed by atoms with van der Waals surface area (Å²) in [7, 11) is 0. The Morgan fingerprint density at radius 1 is 1.14 bits per heavy atom. The minimum atomic E-state index is 0.0643. The van der Waals surface area contributed by atoms with E-state index in [9.17, 15) is 5.11 Å². The van der Waals surface area contributed by atoms with E-state index in [2.05, 4.69) is 5.32 Å². The highest BCUT2D eigenvalue weighted by Crippen LogP contribution is 2.32. The van der Waals surface area contributed by atoms with E-state index < -0.39 is 0 Å². The third kappa shape index (κ3) is 4.17. The lowest BCUT2D eigenvalue weighted by molar-refractivity contribution is 0.0904. The van der Waals surface area contributed by atoms with Crippen molar-refractivity contribution < 1.29 is 14.9 Å². The Kier molecular flexibility index (Phi) is 5.99. The molecule has 4 heteroatoms. The van der Waals surface area contributed by atoms with E-state index in [4.69, 9.17) is 9.84 Å². The first kappa shape index (κ1) is 15.8. The minimum absolute atomic E-state index is 0.0643. The van der Waals surface area contributed by atoms with E-state index >= 15 is 0 Å². The predicted molar refractivity (Wildman–Crippen MR) is 84.6 cm³/mol. The van der Waals surface area contributed by atoms with E-state index in [-0.39, 0.29) is 12.6 Å². The minimum Gasteiger partial charge on any atom is -0.507 e. The highest BCUT2D eigenvalue weighted by Gasteiger charge is 2.12. The van der Waals surface area contributed by atoms with Crippen molar-refractivity contribution in [1.29, 1.82) is 0 Å². The summed E-state index contributed by atoms with van der Waals surface area (Å²) >= 11 is 0. The van der Waals surface area contributed by atoms with E-state index in [1.807, 2.05) is 43.3 Å². The Balaban J connectivity index is 1.93. The second-order valence-electron chi connectivity index (χ2n) is 5.09. The molecule has 1 unspecified atom stereocenters. The monoisotopic (exact) mass is 289 g/mol. The lowest BCUT2D eigenvalue weighted by atomic mass is 10.0. The van der Waals surface area contributed by atoms with Gasteiger partial charge in [-0.1, -0.05) is 36.4 Å². The molecular weight excluding hydrogens is 266 g/mol. The number of aromatic hydroxyl groups is 1. The molecular formula is C17H23NO3. The van der Waals surface area contributed by atoms with Gasteiger partial charge in [-0.25, -0.2) is 0 Å². The van der Waals surface area contributed by atoms with Crippen LogP contribution in [-0.4, -0.2) is 36.6 Å². The molecule has 0 aromatic heterocycles. The van der Waals surface area contributed by atoms with Crippen LogP contribution in [0.25, 0.3) is 10.8 Å². The van der Waals surface area contributed by atoms with Crippen LogP contribution >= 0.6 is 0 Å². The first-order chi connectivity index (χ1) is 10.2. The molecule has 0 fully saturated rings. The number of aliphatic hydroxyl groups excluding tert-OH is 1. The Hall–Kier alpha value is -1.62. The van der Waals surface area contributed by atoms with Crippen molar-refractivity contribution in [2.24, 2.45) is 0 Å². The number of ether oxygens (including phenoxy) is 1. The molecule has 114 valence electrons. The third-order valence-corrected chi connectivity index (χ3v) is 3.55. The summed E-state index contributed by atoms with van der Waals surface area (Å²) in [6.45, 7) is 3.93. The van der Waals surface area contributed by atoms with E-state index in [1.165, 1.54) is 0 Å². The lowest BCUT2D eigenvalue weighted by Crippen LogP contribution is -2.21. The van der Waals surface area contributed by atoms with Crippen molar-refractivity contribution in [3.05, 3.63) is 42.0 Å². The molecule has 21 heavy (non-hydrogen) atoms. The van der Waals surface area contributed by atoms with Crippen LogP contribution in [0.4, 0.5) is 0 Å². The average Bonchev–Trinajstić information content (AvgIpc) is 2.51. The summed E-state index contributed by atoms with van der Waals surface area (Å²) < 4.78 is 5.21. The summed E-state index contributed by atoms with van der Waals surface area (Å²) in [5.74, 6) is 0.352. The van der Waals surface area contributed by atoms with Gasteiger partial charge < -0.3 is 20.3 Å². The van der Waals surface area contributed by atoms with Crippen molar-refractivity contribution in [2.45, 2.75) is 19.4 Å². The molecule has 0 heterocycles. The lowest BCUT2D eigenvalue weighted by Gasteiger charge is -2.17. The van der Waals surface area contributed by atoms with E-state index in [0.29, 0.717) is 19.0 Å². The van der Waals surface area contributed by atoms with Gasteiger partial charge in [0, 0.05) is 23.6 Å². The highest BCUT2D eigenvalue weighted by atomic mass is 16.5. The van der Waals surface area contributed by atoms with Crippen LogP contribution in [-0.2, 0) is 4.74 Å². The molecule has 0 saturated carbocycles. The average molecular weight is 289 g/mol. The Morgan fingerprint density at radius 2 is 1.95 bits per heavy atom. The van der Waals surface area contributed by atoms with Gasteiger partial charge in [0.15, 0.2) is 0 Å². The van der Waals surface area contributed by atoms with Gasteiger partial charge in [0.2, 0.25) is 0 Å². The van der Waals surface area contributed by atoms with Crippen LogP contribution in [0.2, 0.25) is 0 Å². The van der Waals surface area contributed by atoms with Gasteiger partial charge in [0.25, 0.3) is 0 Å². The maximum Gasteiger partial charge on any atom is 0.128 e. The molecule has 0 aliphatic carbocycles. The topological polar surface area (TPSA) is 61.7 Å². The maximum absolute atomic E-state index is 10.4. The molecule has 2 aromatic carbocycles. The molecule has 0 aliphatic heterocycles. The van der Waals surface area contributed by atoms with Crippen LogP contribution in [0, 0.1) is 0 Å². The fourth-order valence-electron chi connectivity index (χ4n) is 2.39. The number of phenols is 1. The molecule has 0 aliphatic rings. The van der Waals surface area contributed by atoms with Gasteiger partial charge >= 0.3 is 0 Å². The SMILES string of the molecule is CC(NCCCOCCO)c1ccc2ccccc2c1O. The number of aliphatic hydroxyl groups is 1. The zero-order chi connectivity index (χ0) is 15.1. The predicted octanol–water partition coefficient (Wildman–Crippen LogP) is 2.60. The first-order valence-corrected chi connectivity index (χ1v) is 7.36. The van der Waals surface area contributed by atoms with Gasteiger partial charge in [-0.15, -0.1) is 0 Å². The molecule has 3 N–H and O–H groups in total. The van der Waals surface area contributed by atoms with Crippen LogP contribution in [0.5, 0.6) is 5.75 Å². The van der Waals surface area contributed by atoms with Gasteiger partial charge in [0.05, 0.1) is 13.2 Å². The number of fused-ring (bicyclic) bond motifs is 1. The molecule has 4 nitrogen and oxygen atoms in total. The van der Waals surface area contributed by atoms with Crippen LogP contribution in [0.1, 0.15) is 24.9 Å². The number of hydrogen-bond acceptors (Lipinski definition) is 4. The largest absolute Gasteiger partial charge is 0.507 e. The Bertz CT molecular complexity index is 571. The first-order valence-electron chi connectivity index (χ1n) is 7.36. The quantitative estimate of drug-likeness (QED) is 0.654. The van der Waals surface area contributed by atoms with Crippen molar-refractivity contribution in [1.82, 2.24) is 5.32 Å². The molecule has 0 bridgehead atoms. The molecule has 1 atom stereocenters. The number of hydrogen-bond donors (Lipinski definition) is 3.